The predicted molar refractivity (Wildman–Crippen MR) is 31.4 cm³/mol. The fourth-order valence-corrected chi connectivity index (χ4v) is 0.262. The van der Waals surface area contributed by atoms with Crippen molar-refractivity contribution in [3.05, 3.63) is 12.2 Å². The third-order valence-corrected chi connectivity index (χ3v) is 0.619. The minimum absolute atomic E-state index is 0.233. The van der Waals surface area contributed by atoms with Gasteiger partial charge in [-0.05, 0) is 6.92 Å². The highest BCUT2D eigenvalue weighted by Gasteiger charge is 1.84. The van der Waals surface area contributed by atoms with Gasteiger partial charge in [0, 0.05) is 6.92 Å². The molecule has 0 bridgehead atoms. The largest absolute Gasteiger partial charge is 0.462 e. The molecule has 0 amide bonds. The number of carbonyl (C=O) groups excluding carboxylic acids is 1. The number of esters is 1. The Morgan fingerprint density at radius 2 is 2.38 bits per heavy atom. The molecule has 0 spiro atoms. The highest BCUT2D eigenvalue weighted by atomic mass is 16.5. The fourth-order valence-electron chi connectivity index (χ4n) is 0.262. The molecule has 0 N–H and O–H groups in total. The lowest BCUT2D eigenvalue weighted by atomic mass is 10.5. The monoisotopic (exact) mass is 114 g/mol. The van der Waals surface area contributed by atoms with Gasteiger partial charge in [-0.15, -0.1) is 0 Å². The summed E-state index contributed by atoms with van der Waals surface area (Å²) >= 11 is 0. The maximum atomic E-state index is 10.1. The minimum Gasteiger partial charge on any atom is -0.462 e. The van der Waals surface area contributed by atoms with Crippen LogP contribution in [0.4, 0.5) is 0 Å². The van der Waals surface area contributed by atoms with Crippen molar-refractivity contribution < 1.29 is 9.53 Å². The van der Waals surface area contributed by atoms with Gasteiger partial charge in [0.2, 0.25) is 0 Å². The van der Waals surface area contributed by atoms with Gasteiger partial charge in [0.15, 0.2) is 0 Å². The Bertz CT molecular complexity index is 94.7. The second-order valence-corrected chi connectivity index (χ2v) is 1.37. The molecule has 0 aromatic heterocycles. The third kappa shape index (κ3) is 5.21. The zero-order chi connectivity index (χ0) is 6.41. The molecule has 2 heteroatoms. The van der Waals surface area contributed by atoms with Crippen molar-refractivity contribution in [1.82, 2.24) is 0 Å². The van der Waals surface area contributed by atoms with Crippen molar-refractivity contribution in [2.45, 2.75) is 13.8 Å². The zero-order valence-electron chi connectivity index (χ0n) is 5.18. The van der Waals surface area contributed by atoms with E-state index in [2.05, 4.69) is 4.74 Å². The van der Waals surface area contributed by atoms with Gasteiger partial charge in [0.25, 0.3) is 0 Å². The molecule has 0 rings (SSSR count). The van der Waals surface area contributed by atoms with Crippen LogP contribution in [0.25, 0.3) is 0 Å². The highest BCUT2D eigenvalue weighted by Crippen LogP contribution is 1.76. The molecule has 0 radical (unpaired) electrons. The summed E-state index contributed by atoms with van der Waals surface area (Å²) in [6, 6.07) is 0. The molecule has 0 saturated heterocycles. The Hall–Kier alpha value is -0.790. The van der Waals surface area contributed by atoms with Gasteiger partial charge in [-0.25, -0.2) is 0 Å². The molecule has 0 aromatic rings. The van der Waals surface area contributed by atoms with E-state index in [0.29, 0.717) is 6.61 Å². The van der Waals surface area contributed by atoms with Gasteiger partial charge >= 0.3 is 5.97 Å². The third-order valence-electron chi connectivity index (χ3n) is 0.619. The van der Waals surface area contributed by atoms with Crippen LogP contribution in [0.3, 0.4) is 0 Å². The molecule has 0 heterocycles. The number of carbonyl (C=O) groups is 1. The first-order valence-corrected chi connectivity index (χ1v) is 2.52. The SMILES string of the molecule is CC=CCOC(C)=O. The summed E-state index contributed by atoms with van der Waals surface area (Å²) in [6.45, 7) is 3.67. The summed E-state index contributed by atoms with van der Waals surface area (Å²) in [7, 11) is 0. The van der Waals surface area contributed by atoms with Gasteiger partial charge in [0.05, 0.1) is 0 Å². The van der Waals surface area contributed by atoms with E-state index in [1.165, 1.54) is 6.92 Å². The van der Waals surface area contributed by atoms with Crippen LogP contribution in [0.15, 0.2) is 12.2 Å². The first-order chi connectivity index (χ1) is 3.77. The standard InChI is InChI=1S/C6H10O2/c1-3-4-5-8-6(2)7/h3-4H,5H2,1-2H3. The van der Waals surface area contributed by atoms with Crippen molar-refractivity contribution >= 4 is 5.97 Å². The van der Waals surface area contributed by atoms with Crippen LogP contribution in [0.2, 0.25) is 0 Å². The Labute approximate surface area is 49.1 Å². The van der Waals surface area contributed by atoms with Crippen molar-refractivity contribution in [3.8, 4) is 0 Å². The summed E-state index contributed by atoms with van der Waals surface area (Å²) in [4.78, 5) is 10.1. The summed E-state index contributed by atoms with van der Waals surface area (Å²) in [5, 5.41) is 0. The Morgan fingerprint density at radius 1 is 1.75 bits per heavy atom. The number of hydrogen-bond acceptors (Lipinski definition) is 2. The molecular formula is C6H10O2. The molecule has 0 saturated carbocycles. The fraction of sp³-hybridized carbons (Fsp3) is 0.500. The van der Waals surface area contributed by atoms with E-state index in [1.807, 2.05) is 13.0 Å². The summed E-state index contributed by atoms with van der Waals surface area (Å²) < 4.78 is 4.56. The van der Waals surface area contributed by atoms with Crippen LogP contribution >= 0.6 is 0 Å². The number of hydrogen-bond donors (Lipinski definition) is 0. The van der Waals surface area contributed by atoms with E-state index in [1.54, 1.807) is 6.08 Å². The highest BCUT2D eigenvalue weighted by molar-refractivity contribution is 5.65. The van der Waals surface area contributed by atoms with Crippen LogP contribution in [-0.4, -0.2) is 12.6 Å². The molecule has 2 nitrogen and oxygen atoms in total. The van der Waals surface area contributed by atoms with Gasteiger partial charge in [0.1, 0.15) is 6.61 Å². The minimum atomic E-state index is -0.233. The van der Waals surface area contributed by atoms with E-state index < -0.39 is 0 Å². The molecule has 0 atom stereocenters. The van der Waals surface area contributed by atoms with E-state index in [0.717, 1.165) is 0 Å². The Morgan fingerprint density at radius 3 is 2.75 bits per heavy atom. The lowest BCUT2D eigenvalue weighted by molar-refractivity contribution is -0.139. The van der Waals surface area contributed by atoms with Crippen LogP contribution in [-0.2, 0) is 9.53 Å². The summed E-state index contributed by atoms with van der Waals surface area (Å²) in [6.07, 6.45) is 3.62. The average molecular weight is 114 g/mol. The van der Waals surface area contributed by atoms with Crippen molar-refractivity contribution in [2.24, 2.45) is 0 Å². The number of ether oxygens (including phenoxy) is 1. The molecule has 8 heavy (non-hydrogen) atoms. The van der Waals surface area contributed by atoms with Crippen molar-refractivity contribution in [1.29, 1.82) is 0 Å². The van der Waals surface area contributed by atoms with Crippen molar-refractivity contribution in [3.63, 3.8) is 0 Å². The van der Waals surface area contributed by atoms with Crippen molar-refractivity contribution in [2.75, 3.05) is 6.61 Å². The van der Waals surface area contributed by atoms with Gasteiger partial charge in [-0.1, -0.05) is 12.2 Å². The molecule has 0 aliphatic rings. The first-order valence-electron chi connectivity index (χ1n) is 2.52. The summed E-state index contributed by atoms with van der Waals surface area (Å²) in [5.74, 6) is -0.233. The topological polar surface area (TPSA) is 26.3 Å². The zero-order valence-corrected chi connectivity index (χ0v) is 5.18. The number of allylic oxidation sites excluding steroid dienone is 1. The molecular weight excluding hydrogens is 104 g/mol. The predicted octanol–water partition coefficient (Wildman–Crippen LogP) is 1.13. The maximum Gasteiger partial charge on any atom is 0.302 e. The number of rotatable bonds is 2. The Kier molecular flexibility index (Phi) is 3.94. The molecule has 0 aliphatic heterocycles. The normalized spacial score (nSPS) is 9.75. The molecule has 0 unspecified atom stereocenters. The quantitative estimate of drug-likeness (QED) is 0.397. The second-order valence-electron chi connectivity index (χ2n) is 1.37. The van der Waals surface area contributed by atoms with Gasteiger partial charge < -0.3 is 4.74 Å². The van der Waals surface area contributed by atoms with Crippen LogP contribution in [0.5, 0.6) is 0 Å². The van der Waals surface area contributed by atoms with E-state index >= 15 is 0 Å². The van der Waals surface area contributed by atoms with Crippen LogP contribution < -0.4 is 0 Å². The lowest BCUT2D eigenvalue weighted by Crippen LogP contribution is -1.96. The maximum absolute atomic E-state index is 10.1. The molecule has 0 aliphatic carbocycles. The van der Waals surface area contributed by atoms with E-state index in [-0.39, 0.29) is 5.97 Å². The molecule has 0 fully saturated rings. The molecule has 0 aromatic carbocycles. The van der Waals surface area contributed by atoms with Gasteiger partial charge in [-0.3, -0.25) is 4.79 Å². The lowest BCUT2D eigenvalue weighted by Gasteiger charge is -1.91. The van der Waals surface area contributed by atoms with Crippen LogP contribution in [0.1, 0.15) is 13.8 Å². The Balaban J connectivity index is 3.05. The van der Waals surface area contributed by atoms with E-state index in [4.69, 9.17) is 0 Å². The van der Waals surface area contributed by atoms with Gasteiger partial charge in [-0.2, -0.15) is 0 Å². The van der Waals surface area contributed by atoms with E-state index in [9.17, 15) is 4.79 Å². The second kappa shape index (κ2) is 4.37. The molecule has 46 valence electrons. The smallest absolute Gasteiger partial charge is 0.302 e. The average Bonchev–Trinajstić information content (AvgIpc) is 1.66. The summed E-state index contributed by atoms with van der Waals surface area (Å²) in [5.41, 5.74) is 0. The first kappa shape index (κ1) is 7.21. The van der Waals surface area contributed by atoms with Crippen LogP contribution in [0, 0.1) is 0 Å².